The molecule has 78 valence electrons. The third kappa shape index (κ3) is 1.86. The monoisotopic (exact) mass is 201 g/mol. The van der Waals surface area contributed by atoms with Crippen molar-refractivity contribution in [2.75, 3.05) is 5.73 Å². The van der Waals surface area contributed by atoms with Crippen molar-refractivity contribution in [3.63, 3.8) is 0 Å². The molecule has 2 aromatic rings. The van der Waals surface area contributed by atoms with Crippen LogP contribution >= 0.6 is 0 Å². The summed E-state index contributed by atoms with van der Waals surface area (Å²) >= 11 is 0. The molecule has 3 nitrogen and oxygen atoms in total. The second-order valence-corrected chi connectivity index (χ2v) is 3.61. The molecule has 0 atom stereocenters. The van der Waals surface area contributed by atoms with Crippen LogP contribution in [0.2, 0.25) is 0 Å². The highest BCUT2D eigenvalue weighted by Gasteiger charge is 2.06. The van der Waals surface area contributed by atoms with E-state index < -0.39 is 0 Å². The van der Waals surface area contributed by atoms with Crippen molar-refractivity contribution in [1.29, 1.82) is 0 Å². The quantitative estimate of drug-likeness (QED) is 0.758. The second kappa shape index (κ2) is 3.77. The standard InChI is InChI=1S/C12H15N3/c1-3-15-8-12(9(2)14-15)10-5-4-6-11(13)7-10/h4-8H,3,13H2,1-2H3. The minimum absolute atomic E-state index is 0.788. The summed E-state index contributed by atoms with van der Waals surface area (Å²) in [5.74, 6) is 0. The summed E-state index contributed by atoms with van der Waals surface area (Å²) < 4.78 is 1.94. The zero-order chi connectivity index (χ0) is 10.8. The van der Waals surface area contributed by atoms with E-state index in [0.29, 0.717) is 0 Å². The fourth-order valence-corrected chi connectivity index (χ4v) is 1.67. The molecule has 0 aliphatic rings. The van der Waals surface area contributed by atoms with Gasteiger partial charge >= 0.3 is 0 Å². The van der Waals surface area contributed by atoms with Crippen LogP contribution in [-0.2, 0) is 6.54 Å². The van der Waals surface area contributed by atoms with E-state index in [1.165, 1.54) is 0 Å². The van der Waals surface area contributed by atoms with Crippen molar-refractivity contribution in [3.8, 4) is 11.1 Å². The SMILES string of the molecule is CCn1cc(-c2cccc(N)c2)c(C)n1. The summed E-state index contributed by atoms with van der Waals surface area (Å²) in [7, 11) is 0. The molecular formula is C12H15N3. The Labute approximate surface area is 89.5 Å². The predicted molar refractivity (Wildman–Crippen MR) is 62.5 cm³/mol. The summed E-state index contributed by atoms with van der Waals surface area (Å²) in [5, 5.41) is 4.41. The molecule has 0 aliphatic carbocycles. The number of anilines is 1. The van der Waals surface area contributed by atoms with E-state index in [1.807, 2.05) is 29.8 Å². The average Bonchev–Trinajstić information content (AvgIpc) is 2.60. The summed E-state index contributed by atoms with van der Waals surface area (Å²) in [6, 6.07) is 7.89. The molecule has 0 radical (unpaired) electrons. The van der Waals surface area contributed by atoms with Crippen molar-refractivity contribution >= 4 is 5.69 Å². The van der Waals surface area contributed by atoms with Crippen LogP contribution in [0.1, 0.15) is 12.6 Å². The highest BCUT2D eigenvalue weighted by Crippen LogP contribution is 2.23. The average molecular weight is 201 g/mol. The molecule has 15 heavy (non-hydrogen) atoms. The van der Waals surface area contributed by atoms with Gasteiger partial charge in [0.2, 0.25) is 0 Å². The lowest BCUT2D eigenvalue weighted by molar-refractivity contribution is 0.653. The molecule has 0 unspecified atom stereocenters. The number of nitrogens with two attached hydrogens (primary N) is 1. The summed E-state index contributed by atoms with van der Waals surface area (Å²) in [4.78, 5) is 0. The number of hydrogen-bond acceptors (Lipinski definition) is 2. The van der Waals surface area contributed by atoms with Gasteiger partial charge in [0.1, 0.15) is 0 Å². The van der Waals surface area contributed by atoms with Gasteiger partial charge in [0, 0.05) is 24.0 Å². The van der Waals surface area contributed by atoms with Gasteiger partial charge in [-0.2, -0.15) is 5.10 Å². The van der Waals surface area contributed by atoms with Crippen molar-refractivity contribution in [2.45, 2.75) is 20.4 Å². The lowest BCUT2D eigenvalue weighted by Crippen LogP contribution is -1.93. The number of nitrogens with zero attached hydrogens (tertiary/aromatic N) is 2. The Morgan fingerprint density at radius 1 is 1.40 bits per heavy atom. The maximum atomic E-state index is 5.76. The zero-order valence-corrected chi connectivity index (χ0v) is 9.07. The third-order valence-corrected chi connectivity index (χ3v) is 2.47. The number of aromatic nitrogens is 2. The van der Waals surface area contributed by atoms with E-state index in [-0.39, 0.29) is 0 Å². The first kappa shape index (κ1) is 9.77. The molecule has 0 amide bonds. The number of rotatable bonds is 2. The summed E-state index contributed by atoms with van der Waals surface area (Å²) in [5.41, 5.74) is 9.88. The highest BCUT2D eigenvalue weighted by molar-refractivity contribution is 5.68. The maximum absolute atomic E-state index is 5.76. The van der Waals surface area contributed by atoms with Gasteiger partial charge in [0.15, 0.2) is 0 Å². The van der Waals surface area contributed by atoms with Gasteiger partial charge in [-0.1, -0.05) is 12.1 Å². The number of aryl methyl sites for hydroxylation is 2. The molecular weight excluding hydrogens is 186 g/mol. The van der Waals surface area contributed by atoms with Crippen LogP contribution in [0.5, 0.6) is 0 Å². The van der Waals surface area contributed by atoms with Gasteiger partial charge in [0.25, 0.3) is 0 Å². The van der Waals surface area contributed by atoms with Crippen LogP contribution in [0.15, 0.2) is 30.5 Å². The smallest absolute Gasteiger partial charge is 0.0672 e. The minimum atomic E-state index is 0.788. The first-order valence-corrected chi connectivity index (χ1v) is 5.10. The topological polar surface area (TPSA) is 43.8 Å². The maximum Gasteiger partial charge on any atom is 0.0672 e. The van der Waals surface area contributed by atoms with Crippen LogP contribution in [0.4, 0.5) is 5.69 Å². The van der Waals surface area contributed by atoms with Crippen molar-refractivity contribution < 1.29 is 0 Å². The Morgan fingerprint density at radius 2 is 2.20 bits per heavy atom. The van der Waals surface area contributed by atoms with E-state index in [4.69, 9.17) is 5.73 Å². The van der Waals surface area contributed by atoms with E-state index in [2.05, 4.69) is 24.3 Å². The van der Waals surface area contributed by atoms with Crippen molar-refractivity contribution in [2.24, 2.45) is 0 Å². The lowest BCUT2D eigenvalue weighted by atomic mass is 10.1. The molecule has 1 heterocycles. The fraction of sp³-hybridized carbons (Fsp3) is 0.250. The predicted octanol–water partition coefficient (Wildman–Crippen LogP) is 2.46. The molecule has 2 N–H and O–H groups in total. The molecule has 0 fully saturated rings. The van der Waals surface area contributed by atoms with Gasteiger partial charge in [-0.05, 0) is 31.5 Å². The molecule has 0 bridgehead atoms. The first-order valence-electron chi connectivity index (χ1n) is 5.10. The second-order valence-electron chi connectivity index (χ2n) is 3.61. The van der Waals surface area contributed by atoms with E-state index in [9.17, 15) is 0 Å². The summed E-state index contributed by atoms with van der Waals surface area (Å²) in [6.07, 6.45) is 2.06. The van der Waals surface area contributed by atoms with Crippen LogP contribution in [0.3, 0.4) is 0 Å². The van der Waals surface area contributed by atoms with Gasteiger partial charge < -0.3 is 5.73 Å². The van der Waals surface area contributed by atoms with Crippen LogP contribution in [0.25, 0.3) is 11.1 Å². The number of hydrogen-bond donors (Lipinski definition) is 1. The number of benzene rings is 1. The normalized spacial score (nSPS) is 10.5. The number of nitrogen functional groups attached to an aromatic ring is 1. The lowest BCUT2D eigenvalue weighted by Gasteiger charge is -1.99. The van der Waals surface area contributed by atoms with Crippen molar-refractivity contribution in [1.82, 2.24) is 9.78 Å². The molecule has 0 aliphatic heterocycles. The zero-order valence-electron chi connectivity index (χ0n) is 9.07. The van der Waals surface area contributed by atoms with E-state index in [1.54, 1.807) is 0 Å². The molecule has 0 saturated carbocycles. The summed E-state index contributed by atoms with van der Waals surface area (Å²) in [6.45, 7) is 4.99. The minimum Gasteiger partial charge on any atom is -0.399 e. The Hall–Kier alpha value is -1.77. The Balaban J connectivity index is 2.48. The molecule has 3 heteroatoms. The fourth-order valence-electron chi connectivity index (χ4n) is 1.67. The van der Waals surface area contributed by atoms with Gasteiger partial charge in [-0.3, -0.25) is 4.68 Å². The largest absolute Gasteiger partial charge is 0.399 e. The molecule has 1 aromatic heterocycles. The molecule has 0 spiro atoms. The van der Waals surface area contributed by atoms with Crippen LogP contribution in [-0.4, -0.2) is 9.78 Å². The van der Waals surface area contributed by atoms with E-state index in [0.717, 1.165) is 29.1 Å². The molecule has 2 rings (SSSR count). The highest BCUT2D eigenvalue weighted by atomic mass is 15.3. The molecule has 0 saturated heterocycles. The van der Waals surface area contributed by atoms with Crippen LogP contribution < -0.4 is 5.73 Å². The Morgan fingerprint density at radius 3 is 2.80 bits per heavy atom. The van der Waals surface area contributed by atoms with Gasteiger partial charge in [-0.25, -0.2) is 0 Å². The first-order chi connectivity index (χ1) is 7.20. The molecule has 1 aromatic carbocycles. The Kier molecular flexibility index (Phi) is 2.46. The third-order valence-electron chi connectivity index (χ3n) is 2.47. The Bertz CT molecular complexity index is 471. The van der Waals surface area contributed by atoms with Gasteiger partial charge in [0.05, 0.1) is 5.69 Å². The van der Waals surface area contributed by atoms with Crippen LogP contribution in [0, 0.1) is 6.92 Å². The van der Waals surface area contributed by atoms with Crippen molar-refractivity contribution in [3.05, 3.63) is 36.2 Å². The van der Waals surface area contributed by atoms with Gasteiger partial charge in [-0.15, -0.1) is 0 Å². The van der Waals surface area contributed by atoms with E-state index >= 15 is 0 Å².